The molecule has 138 valence electrons. The van der Waals surface area contributed by atoms with Crippen LogP contribution in [-0.4, -0.2) is 73.0 Å². The highest BCUT2D eigenvalue weighted by Crippen LogP contribution is 2.35. The number of aliphatic hydroxyl groups excluding tert-OH is 1. The summed E-state index contributed by atoms with van der Waals surface area (Å²) in [6.07, 6.45) is 0.603. The van der Waals surface area contributed by atoms with E-state index < -0.39 is 0 Å². The SMILES string of the molecule is O=C(Nc1cccc(Cl)c1N1CCOCC1)N1CCSCC1CCO. The first kappa shape index (κ1) is 18.6. The number of benzene rings is 1. The Morgan fingerprint density at radius 2 is 2.16 bits per heavy atom. The van der Waals surface area contributed by atoms with E-state index in [-0.39, 0.29) is 18.7 Å². The maximum Gasteiger partial charge on any atom is 0.322 e. The zero-order valence-corrected chi connectivity index (χ0v) is 15.7. The molecule has 8 heteroatoms. The number of carbonyl (C=O) groups excluding carboxylic acids is 1. The largest absolute Gasteiger partial charge is 0.396 e. The van der Waals surface area contributed by atoms with Gasteiger partial charge in [0, 0.05) is 43.8 Å². The third kappa shape index (κ3) is 4.53. The number of halogens is 1. The van der Waals surface area contributed by atoms with Gasteiger partial charge in [0.2, 0.25) is 0 Å². The lowest BCUT2D eigenvalue weighted by molar-refractivity contribution is 0.123. The summed E-state index contributed by atoms with van der Waals surface area (Å²) >= 11 is 8.25. The highest BCUT2D eigenvalue weighted by Gasteiger charge is 2.28. The molecule has 2 heterocycles. The Labute approximate surface area is 157 Å². The van der Waals surface area contributed by atoms with Crippen LogP contribution in [0.5, 0.6) is 0 Å². The molecule has 2 fully saturated rings. The van der Waals surface area contributed by atoms with E-state index in [9.17, 15) is 9.90 Å². The monoisotopic (exact) mass is 385 g/mol. The molecule has 0 radical (unpaired) electrons. The number of amides is 2. The number of hydrogen-bond acceptors (Lipinski definition) is 5. The van der Waals surface area contributed by atoms with Gasteiger partial charge in [0.1, 0.15) is 0 Å². The van der Waals surface area contributed by atoms with Crippen molar-refractivity contribution in [2.45, 2.75) is 12.5 Å². The third-order valence-electron chi connectivity index (χ3n) is 4.51. The number of hydrogen-bond donors (Lipinski definition) is 2. The number of aliphatic hydroxyl groups is 1. The summed E-state index contributed by atoms with van der Waals surface area (Å²) in [4.78, 5) is 16.8. The number of anilines is 2. The summed E-state index contributed by atoms with van der Waals surface area (Å²) in [5.41, 5.74) is 1.58. The van der Waals surface area contributed by atoms with Crippen molar-refractivity contribution in [2.75, 3.05) is 61.2 Å². The van der Waals surface area contributed by atoms with Crippen molar-refractivity contribution in [1.82, 2.24) is 4.90 Å². The van der Waals surface area contributed by atoms with E-state index >= 15 is 0 Å². The molecule has 25 heavy (non-hydrogen) atoms. The first-order valence-corrected chi connectivity index (χ1v) is 10.1. The molecular formula is C17H24ClN3O3S. The Balaban J connectivity index is 1.77. The summed E-state index contributed by atoms with van der Waals surface area (Å²) < 4.78 is 5.41. The van der Waals surface area contributed by atoms with Gasteiger partial charge in [-0.25, -0.2) is 4.79 Å². The maximum atomic E-state index is 12.8. The van der Waals surface area contributed by atoms with Gasteiger partial charge in [-0.3, -0.25) is 0 Å². The maximum absolute atomic E-state index is 12.8. The lowest BCUT2D eigenvalue weighted by Crippen LogP contribution is -2.48. The van der Waals surface area contributed by atoms with Gasteiger partial charge in [-0.1, -0.05) is 17.7 Å². The predicted molar refractivity (Wildman–Crippen MR) is 103 cm³/mol. The zero-order chi connectivity index (χ0) is 17.6. The molecule has 0 bridgehead atoms. The molecule has 2 aliphatic heterocycles. The van der Waals surface area contributed by atoms with Crippen LogP contribution in [0.2, 0.25) is 5.02 Å². The van der Waals surface area contributed by atoms with Crippen molar-refractivity contribution in [2.24, 2.45) is 0 Å². The normalized spacial score (nSPS) is 21.3. The van der Waals surface area contributed by atoms with E-state index in [4.69, 9.17) is 16.3 Å². The molecule has 1 aromatic rings. The average Bonchev–Trinajstić information content (AvgIpc) is 2.63. The molecule has 0 spiro atoms. The highest BCUT2D eigenvalue weighted by atomic mass is 35.5. The fraction of sp³-hybridized carbons (Fsp3) is 0.588. The molecule has 0 aromatic heterocycles. The third-order valence-corrected chi connectivity index (χ3v) is 5.90. The number of nitrogens with zero attached hydrogens (tertiary/aromatic N) is 2. The van der Waals surface area contributed by atoms with E-state index in [1.54, 1.807) is 0 Å². The van der Waals surface area contributed by atoms with E-state index in [2.05, 4.69) is 10.2 Å². The van der Waals surface area contributed by atoms with Crippen molar-refractivity contribution in [3.05, 3.63) is 23.2 Å². The molecule has 2 saturated heterocycles. The second kappa shape index (κ2) is 8.98. The van der Waals surface area contributed by atoms with Crippen LogP contribution < -0.4 is 10.2 Å². The second-order valence-electron chi connectivity index (χ2n) is 6.10. The van der Waals surface area contributed by atoms with Crippen LogP contribution in [0.4, 0.5) is 16.2 Å². The van der Waals surface area contributed by atoms with Crippen LogP contribution in [0.15, 0.2) is 18.2 Å². The van der Waals surface area contributed by atoms with Gasteiger partial charge in [0.05, 0.1) is 29.6 Å². The van der Waals surface area contributed by atoms with Gasteiger partial charge < -0.3 is 25.0 Å². The number of carbonyl (C=O) groups is 1. The first-order chi connectivity index (χ1) is 12.2. The smallest absolute Gasteiger partial charge is 0.322 e. The number of urea groups is 1. The van der Waals surface area contributed by atoms with Gasteiger partial charge in [-0.2, -0.15) is 11.8 Å². The molecular weight excluding hydrogens is 362 g/mol. The molecule has 0 aliphatic carbocycles. The molecule has 1 atom stereocenters. The number of rotatable bonds is 4. The number of para-hydroxylation sites is 1. The minimum absolute atomic E-state index is 0.0646. The summed E-state index contributed by atoms with van der Waals surface area (Å²) in [5, 5.41) is 12.9. The summed E-state index contributed by atoms with van der Waals surface area (Å²) in [7, 11) is 0. The van der Waals surface area contributed by atoms with E-state index in [0.29, 0.717) is 31.2 Å². The van der Waals surface area contributed by atoms with E-state index in [1.807, 2.05) is 34.9 Å². The molecule has 1 aromatic carbocycles. The molecule has 3 rings (SSSR count). The van der Waals surface area contributed by atoms with Crippen molar-refractivity contribution in [3.63, 3.8) is 0 Å². The predicted octanol–water partition coefficient (Wildman–Crippen LogP) is 2.51. The summed E-state index contributed by atoms with van der Waals surface area (Å²) in [6, 6.07) is 5.51. The Bertz CT molecular complexity index is 597. The number of nitrogens with one attached hydrogen (secondary N) is 1. The first-order valence-electron chi connectivity index (χ1n) is 8.58. The Kier molecular flexibility index (Phi) is 6.70. The standard InChI is InChI=1S/C17H24ClN3O3S/c18-14-2-1-3-15(16(14)20-5-9-24-10-6-20)19-17(23)21-7-11-25-12-13(21)4-8-22/h1-3,13,22H,4-12H2,(H,19,23). The van der Waals surface area contributed by atoms with Gasteiger partial charge in [-0.05, 0) is 18.6 Å². The number of thioether (sulfide) groups is 1. The van der Waals surface area contributed by atoms with Gasteiger partial charge in [-0.15, -0.1) is 0 Å². The molecule has 2 N–H and O–H groups in total. The zero-order valence-electron chi connectivity index (χ0n) is 14.1. The van der Waals surface area contributed by atoms with Gasteiger partial charge in [0.15, 0.2) is 0 Å². The van der Waals surface area contributed by atoms with Crippen LogP contribution in [0, 0.1) is 0 Å². The van der Waals surface area contributed by atoms with Crippen molar-refractivity contribution in [3.8, 4) is 0 Å². The Hall–Kier alpha value is -1.15. The lowest BCUT2D eigenvalue weighted by Gasteiger charge is -2.36. The van der Waals surface area contributed by atoms with Gasteiger partial charge >= 0.3 is 6.03 Å². The minimum atomic E-state index is -0.129. The van der Waals surface area contributed by atoms with Crippen molar-refractivity contribution in [1.29, 1.82) is 0 Å². The Morgan fingerprint density at radius 1 is 1.36 bits per heavy atom. The van der Waals surface area contributed by atoms with Gasteiger partial charge in [0.25, 0.3) is 0 Å². The molecule has 2 amide bonds. The fourth-order valence-electron chi connectivity index (χ4n) is 3.22. The molecule has 1 unspecified atom stereocenters. The van der Waals surface area contributed by atoms with Crippen LogP contribution in [0.3, 0.4) is 0 Å². The van der Waals surface area contributed by atoms with Crippen molar-refractivity contribution < 1.29 is 14.6 Å². The summed E-state index contributed by atoms with van der Waals surface area (Å²) in [6.45, 7) is 3.58. The Morgan fingerprint density at radius 3 is 2.92 bits per heavy atom. The fourth-order valence-corrected chi connectivity index (χ4v) is 4.63. The topological polar surface area (TPSA) is 65.0 Å². The van der Waals surface area contributed by atoms with Crippen LogP contribution in [0.25, 0.3) is 0 Å². The van der Waals surface area contributed by atoms with E-state index in [1.165, 1.54) is 0 Å². The van der Waals surface area contributed by atoms with Crippen LogP contribution in [0.1, 0.15) is 6.42 Å². The molecule has 6 nitrogen and oxygen atoms in total. The van der Waals surface area contributed by atoms with E-state index in [0.717, 1.165) is 36.0 Å². The second-order valence-corrected chi connectivity index (χ2v) is 7.66. The average molecular weight is 386 g/mol. The number of morpholine rings is 1. The van der Waals surface area contributed by atoms with Crippen LogP contribution in [-0.2, 0) is 4.74 Å². The molecule has 0 saturated carbocycles. The quantitative estimate of drug-likeness (QED) is 0.833. The number of ether oxygens (including phenoxy) is 1. The minimum Gasteiger partial charge on any atom is -0.396 e. The lowest BCUT2D eigenvalue weighted by atomic mass is 10.2. The van der Waals surface area contributed by atoms with Crippen molar-refractivity contribution >= 4 is 40.8 Å². The van der Waals surface area contributed by atoms with Crippen LogP contribution >= 0.6 is 23.4 Å². The summed E-state index contributed by atoms with van der Waals surface area (Å²) in [5.74, 6) is 1.78. The highest BCUT2D eigenvalue weighted by molar-refractivity contribution is 7.99. The molecule has 2 aliphatic rings.